The minimum absolute atomic E-state index is 0.294. The molecule has 1 aliphatic heterocycles. The third-order valence-corrected chi connectivity index (χ3v) is 5.73. The third-order valence-electron chi connectivity index (χ3n) is 5.73. The zero-order valence-electron chi connectivity index (χ0n) is 16.2. The maximum Gasteiger partial charge on any atom is 0.229 e. The van der Waals surface area contributed by atoms with Gasteiger partial charge in [-0.2, -0.15) is 4.98 Å². The number of aromatic nitrogens is 2. The molecule has 1 aliphatic carbocycles. The van der Waals surface area contributed by atoms with Crippen LogP contribution >= 0.6 is 0 Å². The average Bonchev–Trinajstić information content (AvgIpc) is 3.28. The standard InChI is InChI=1S/C21H27N5O/c1-14(2)15-8-10-16(11-9-15)23-21-22-12-18-20(24-21)26(17-6-4-5-7-17)19(13-27)25(18)3/h8-14,17,19H,4-7H2,1-3H3,(H,22,23,24). The number of carbonyl (C=O) groups is 1. The fraction of sp³-hybridized carbons (Fsp3) is 0.476. The molecule has 1 aromatic carbocycles. The van der Waals surface area contributed by atoms with E-state index < -0.39 is 0 Å². The van der Waals surface area contributed by atoms with Gasteiger partial charge in [0.1, 0.15) is 5.69 Å². The molecular weight excluding hydrogens is 338 g/mol. The van der Waals surface area contributed by atoms with Crippen molar-refractivity contribution in [2.75, 3.05) is 22.2 Å². The molecule has 4 rings (SSSR count). The molecular formula is C21H27N5O. The fourth-order valence-corrected chi connectivity index (χ4v) is 4.13. The smallest absolute Gasteiger partial charge is 0.229 e. The number of aldehydes is 1. The van der Waals surface area contributed by atoms with E-state index in [4.69, 9.17) is 4.98 Å². The van der Waals surface area contributed by atoms with Crippen molar-refractivity contribution in [2.24, 2.45) is 0 Å². The number of rotatable bonds is 5. The summed E-state index contributed by atoms with van der Waals surface area (Å²) in [6.45, 7) is 4.37. The van der Waals surface area contributed by atoms with E-state index in [1.807, 2.05) is 18.1 Å². The van der Waals surface area contributed by atoms with E-state index in [-0.39, 0.29) is 6.17 Å². The van der Waals surface area contributed by atoms with E-state index in [1.54, 1.807) is 0 Å². The van der Waals surface area contributed by atoms with Crippen LogP contribution in [-0.4, -0.2) is 35.5 Å². The second kappa shape index (κ2) is 7.18. The molecule has 0 radical (unpaired) electrons. The molecule has 2 aliphatic rings. The van der Waals surface area contributed by atoms with Crippen molar-refractivity contribution in [2.45, 2.75) is 57.7 Å². The van der Waals surface area contributed by atoms with Crippen LogP contribution in [0.3, 0.4) is 0 Å². The molecule has 1 atom stereocenters. The minimum Gasteiger partial charge on any atom is -0.344 e. The van der Waals surface area contributed by atoms with Crippen LogP contribution in [-0.2, 0) is 4.79 Å². The topological polar surface area (TPSA) is 61.4 Å². The van der Waals surface area contributed by atoms with Crippen molar-refractivity contribution in [3.05, 3.63) is 36.0 Å². The van der Waals surface area contributed by atoms with Crippen LogP contribution < -0.4 is 15.1 Å². The van der Waals surface area contributed by atoms with Gasteiger partial charge in [-0.05, 0) is 36.5 Å². The molecule has 27 heavy (non-hydrogen) atoms. The minimum atomic E-state index is -0.294. The number of benzene rings is 1. The van der Waals surface area contributed by atoms with Crippen LogP contribution in [0.5, 0.6) is 0 Å². The van der Waals surface area contributed by atoms with Gasteiger partial charge in [0.25, 0.3) is 0 Å². The van der Waals surface area contributed by atoms with Gasteiger partial charge in [0.15, 0.2) is 18.3 Å². The number of nitrogens with one attached hydrogen (secondary N) is 1. The van der Waals surface area contributed by atoms with Crippen molar-refractivity contribution >= 4 is 29.4 Å². The molecule has 1 fully saturated rings. The third kappa shape index (κ3) is 3.24. The molecule has 0 saturated heterocycles. The summed E-state index contributed by atoms with van der Waals surface area (Å²) in [6, 6.07) is 8.74. The average molecular weight is 365 g/mol. The Labute approximate surface area is 160 Å². The summed E-state index contributed by atoms with van der Waals surface area (Å²) in [5.74, 6) is 1.93. The van der Waals surface area contributed by atoms with Gasteiger partial charge in [0.05, 0.1) is 6.20 Å². The lowest BCUT2D eigenvalue weighted by Crippen LogP contribution is -2.47. The summed E-state index contributed by atoms with van der Waals surface area (Å²) >= 11 is 0. The second-order valence-corrected chi connectivity index (χ2v) is 7.81. The SMILES string of the molecule is CC(C)c1ccc(Nc2ncc3c(n2)N(C2CCCC2)C(C=O)N3C)cc1. The largest absolute Gasteiger partial charge is 0.344 e. The van der Waals surface area contributed by atoms with Crippen LogP contribution in [0.1, 0.15) is 51.0 Å². The monoisotopic (exact) mass is 365 g/mol. The van der Waals surface area contributed by atoms with Crippen molar-refractivity contribution in [1.82, 2.24) is 9.97 Å². The molecule has 1 aromatic heterocycles. The maximum atomic E-state index is 11.8. The van der Waals surface area contributed by atoms with E-state index in [9.17, 15) is 4.79 Å². The number of hydrogen-bond donors (Lipinski definition) is 1. The number of hydrogen-bond acceptors (Lipinski definition) is 6. The predicted octanol–water partition coefficient (Wildman–Crippen LogP) is 4.07. The molecule has 1 saturated carbocycles. The Kier molecular flexibility index (Phi) is 4.72. The van der Waals surface area contributed by atoms with Gasteiger partial charge >= 0.3 is 0 Å². The highest BCUT2D eigenvalue weighted by Gasteiger charge is 2.40. The van der Waals surface area contributed by atoms with Crippen molar-refractivity contribution < 1.29 is 4.79 Å². The summed E-state index contributed by atoms with van der Waals surface area (Å²) < 4.78 is 0. The number of nitrogens with zero attached hydrogens (tertiary/aromatic N) is 4. The lowest BCUT2D eigenvalue weighted by atomic mass is 10.0. The molecule has 1 unspecified atom stereocenters. The normalized spacial score (nSPS) is 19.6. The van der Waals surface area contributed by atoms with Gasteiger partial charge in [-0.1, -0.05) is 38.8 Å². The first-order valence-electron chi connectivity index (χ1n) is 9.79. The van der Waals surface area contributed by atoms with E-state index >= 15 is 0 Å². The summed E-state index contributed by atoms with van der Waals surface area (Å²) in [4.78, 5) is 25.2. The van der Waals surface area contributed by atoms with Crippen LogP contribution in [0.15, 0.2) is 30.5 Å². The first kappa shape index (κ1) is 17.8. The Hall–Kier alpha value is -2.63. The van der Waals surface area contributed by atoms with Gasteiger partial charge in [-0.15, -0.1) is 0 Å². The van der Waals surface area contributed by atoms with E-state index in [2.05, 4.69) is 53.3 Å². The van der Waals surface area contributed by atoms with Gasteiger partial charge < -0.3 is 15.1 Å². The number of likely N-dealkylation sites (N-methyl/N-ethyl adjacent to an activating group) is 1. The quantitative estimate of drug-likeness (QED) is 0.806. The molecule has 6 heteroatoms. The highest BCUT2D eigenvalue weighted by Crippen LogP contribution is 2.41. The molecule has 1 N–H and O–H groups in total. The molecule has 0 bridgehead atoms. The van der Waals surface area contributed by atoms with Crippen LogP contribution in [0.4, 0.5) is 23.1 Å². The first-order valence-corrected chi connectivity index (χ1v) is 9.79. The molecule has 0 amide bonds. The molecule has 0 spiro atoms. The Morgan fingerprint density at radius 2 is 1.89 bits per heavy atom. The number of carbonyl (C=O) groups excluding carboxylic acids is 1. The van der Waals surface area contributed by atoms with Crippen LogP contribution in [0.2, 0.25) is 0 Å². The maximum absolute atomic E-state index is 11.8. The molecule has 142 valence electrons. The summed E-state index contributed by atoms with van der Waals surface area (Å²) in [7, 11) is 1.94. The van der Waals surface area contributed by atoms with E-state index in [0.717, 1.165) is 36.3 Å². The van der Waals surface area contributed by atoms with Crippen molar-refractivity contribution in [3.8, 4) is 0 Å². The number of anilines is 4. The fourth-order valence-electron chi connectivity index (χ4n) is 4.13. The molecule has 2 heterocycles. The highest BCUT2D eigenvalue weighted by molar-refractivity contribution is 5.84. The summed E-state index contributed by atoms with van der Waals surface area (Å²) in [6.07, 6.45) is 7.19. The van der Waals surface area contributed by atoms with Gasteiger partial charge in [-0.3, -0.25) is 4.79 Å². The van der Waals surface area contributed by atoms with E-state index in [1.165, 1.54) is 18.4 Å². The first-order chi connectivity index (χ1) is 13.1. The van der Waals surface area contributed by atoms with Gasteiger partial charge in [0, 0.05) is 18.8 Å². The molecule has 2 aromatic rings. The lowest BCUT2D eigenvalue weighted by Gasteiger charge is -2.31. The van der Waals surface area contributed by atoms with Gasteiger partial charge in [0.2, 0.25) is 5.95 Å². The Morgan fingerprint density at radius 1 is 1.19 bits per heavy atom. The predicted molar refractivity (Wildman–Crippen MR) is 109 cm³/mol. The zero-order valence-corrected chi connectivity index (χ0v) is 16.2. The summed E-state index contributed by atoms with van der Waals surface area (Å²) in [5, 5.41) is 3.30. The lowest BCUT2D eigenvalue weighted by molar-refractivity contribution is -0.108. The van der Waals surface area contributed by atoms with Crippen molar-refractivity contribution in [1.29, 1.82) is 0 Å². The van der Waals surface area contributed by atoms with Crippen molar-refractivity contribution in [3.63, 3.8) is 0 Å². The summed E-state index contributed by atoms with van der Waals surface area (Å²) in [5.41, 5.74) is 3.18. The molecule has 6 nitrogen and oxygen atoms in total. The Morgan fingerprint density at radius 3 is 2.52 bits per heavy atom. The van der Waals surface area contributed by atoms with Crippen LogP contribution in [0, 0.1) is 0 Å². The highest BCUT2D eigenvalue weighted by atomic mass is 16.1. The zero-order chi connectivity index (χ0) is 19.0. The van der Waals surface area contributed by atoms with E-state index in [0.29, 0.717) is 17.9 Å². The van der Waals surface area contributed by atoms with Gasteiger partial charge in [-0.25, -0.2) is 4.98 Å². The van der Waals surface area contributed by atoms with Crippen LogP contribution in [0.25, 0.3) is 0 Å². The second-order valence-electron chi connectivity index (χ2n) is 7.81. The Bertz CT molecular complexity index is 814. The Balaban J connectivity index is 1.62. The number of fused-ring (bicyclic) bond motifs is 1.